The smallest absolute Gasteiger partial charge is 0.202 e. The van der Waals surface area contributed by atoms with Crippen molar-refractivity contribution in [3.8, 4) is 62.4 Å². The lowest BCUT2D eigenvalue weighted by atomic mass is 9.78. The van der Waals surface area contributed by atoms with Gasteiger partial charge < -0.3 is 41.3 Å². The summed E-state index contributed by atoms with van der Waals surface area (Å²) in [5.41, 5.74) is 28.2. The number of pyridine rings is 1. The molecule has 4 aromatic carbocycles. The number of benzene rings is 4. The molecule has 0 amide bonds. The summed E-state index contributed by atoms with van der Waals surface area (Å²) in [4.78, 5) is 61.8. The third-order valence-corrected chi connectivity index (χ3v) is 28.8. The van der Waals surface area contributed by atoms with E-state index in [1.165, 1.54) is 25.7 Å². The lowest BCUT2D eigenvalue weighted by Crippen LogP contribution is -2.50. The number of anilines is 5. The van der Waals surface area contributed by atoms with Crippen molar-refractivity contribution < 1.29 is 0 Å². The molecule has 5 aliphatic rings. The van der Waals surface area contributed by atoms with E-state index in [-0.39, 0.29) is 22.3 Å². The molecule has 5 fully saturated rings. The van der Waals surface area contributed by atoms with E-state index in [2.05, 4.69) is 170 Å². The molecule has 0 bridgehead atoms. The van der Waals surface area contributed by atoms with Crippen LogP contribution in [0.15, 0.2) is 134 Å². The zero-order valence-corrected chi connectivity index (χ0v) is 77.4. The molecule has 1 unspecified atom stereocenters. The molecule has 664 valence electrons. The molecule has 11 aromatic heterocycles. The van der Waals surface area contributed by atoms with E-state index in [9.17, 15) is 5.26 Å². The Morgan fingerprint density at radius 2 is 0.727 bits per heavy atom. The number of H-pyrrole nitrogens is 5. The van der Waals surface area contributed by atoms with Crippen molar-refractivity contribution in [3.63, 3.8) is 0 Å². The molecule has 5 aliphatic heterocycles. The normalized spacial score (nSPS) is 17.0. The van der Waals surface area contributed by atoms with Crippen LogP contribution in [0.4, 0.5) is 29.1 Å². The van der Waals surface area contributed by atoms with Crippen molar-refractivity contribution >= 4 is 155 Å². The quantitative estimate of drug-likeness (QED) is 0.0442. The van der Waals surface area contributed by atoms with Crippen LogP contribution in [-0.4, -0.2) is 195 Å². The maximum absolute atomic E-state index is 9.20. The zero-order chi connectivity index (χ0) is 89.6. The van der Waals surface area contributed by atoms with Crippen LogP contribution in [0, 0.1) is 28.1 Å². The number of nitriles is 1. The van der Waals surface area contributed by atoms with E-state index >= 15 is 0 Å². The number of hydrogen-bond donors (Lipinski definition) is 8. The molecule has 20 rings (SSSR count). The summed E-state index contributed by atoms with van der Waals surface area (Å²) in [6, 6.07) is 32.4. The molecule has 0 radical (unpaired) electrons. The molecular formula is C92H104Cl6N30. The van der Waals surface area contributed by atoms with Gasteiger partial charge in [0.1, 0.15) is 67.9 Å². The van der Waals surface area contributed by atoms with Crippen molar-refractivity contribution in [2.75, 3.05) is 97.0 Å². The van der Waals surface area contributed by atoms with Gasteiger partial charge in [-0.3, -0.25) is 25.5 Å². The number of halogens is 6. The van der Waals surface area contributed by atoms with Crippen LogP contribution >= 0.6 is 69.6 Å². The summed E-state index contributed by atoms with van der Waals surface area (Å²) in [5, 5.41) is 52.3. The number of aromatic nitrogens is 21. The Bertz CT molecular complexity index is 6290. The molecular weight excluding hydrogens is 1740 g/mol. The minimum absolute atomic E-state index is 0.0441. The lowest BCUT2D eigenvalue weighted by molar-refractivity contribution is 0.237. The molecule has 0 aliphatic carbocycles. The molecule has 0 spiro atoms. The Morgan fingerprint density at radius 1 is 0.414 bits per heavy atom. The minimum atomic E-state index is -0.0441. The lowest BCUT2D eigenvalue weighted by Gasteiger charge is -2.39. The van der Waals surface area contributed by atoms with Gasteiger partial charge in [-0.1, -0.05) is 184 Å². The predicted molar refractivity (Wildman–Crippen MR) is 514 cm³/mol. The van der Waals surface area contributed by atoms with Gasteiger partial charge >= 0.3 is 0 Å². The number of piperidine rings is 5. The monoisotopic (exact) mass is 1840 g/mol. The first-order valence-corrected chi connectivity index (χ1v) is 45.9. The molecule has 1 atom stereocenters. The average Bonchev–Trinajstić information content (AvgIpc) is 1.64. The highest BCUT2D eigenvalue weighted by Gasteiger charge is 2.35. The second-order valence-electron chi connectivity index (χ2n) is 34.7. The van der Waals surface area contributed by atoms with Gasteiger partial charge in [-0.2, -0.15) is 30.8 Å². The topological polar surface area (TPSA) is 389 Å². The predicted octanol–water partition coefficient (Wildman–Crippen LogP) is 19.2. The molecule has 0 saturated carbocycles. The summed E-state index contributed by atoms with van der Waals surface area (Å²) in [7, 11) is 2.03. The van der Waals surface area contributed by atoms with Crippen LogP contribution in [-0.2, 0) is 0 Å². The van der Waals surface area contributed by atoms with Gasteiger partial charge in [0.05, 0.1) is 90.1 Å². The molecule has 128 heavy (non-hydrogen) atoms. The highest BCUT2D eigenvalue weighted by molar-refractivity contribution is 6.43. The number of nitrogens with two attached hydrogens (primary N) is 2. The second-order valence-corrected chi connectivity index (χ2v) is 37.0. The number of rotatable bonds is 15. The average molecular weight is 1840 g/mol. The van der Waals surface area contributed by atoms with Crippen molar-refractivity contribution in [2.24, 2.45) is 28.2 Å². The Labute approximate surface area is 772 Å². The molecule has 10 N–H and O–H groups in total. The number of aromatic amines is 5. The molecule has 36 heteroatoms. The largest absolute Gasteiger partial charge is 0.355 e. The van der Waals surface area contributed by atoms with Crippen molar-refractivity contribution in [1.82, 2.24) is 111 Å². The number of nitrogens with one attached hydrogen (secondary N) is 6. The standard InChI is InChI=1S/C20H21ClN6.C18H20Cl2N6.3C18H21ClN6/c1-3-20(2)7-9-27(10-8-20)15-12-23-18-17(25-26-19(18)24-15)14-6-4-5-13(11-22)16(14)21;1-3-18(2)5-8-26(9-6-18)12-10-22-15-14(24-25-17(15)23-12)11-4-7-21-16(20)13(11)19;1-18(20-2)7-9-25(10-8-18)14-11-21-16-15(23-24-17(16)22-14)12-5-3-4-6-13(12)19;1-11(20)12-6-8-25(9-7-12)15-10-21-17-16(23-24-18(17)22-15)13-4-2-3-5-14(13)19;1-2-18(20)7-9-25(10-8-18)14-11-21-16-15(23-24-17(16)22-14)12-5-3-4-6-13(12)19/h4-6,12H,3,7-10H2,1-2H3,(H,24,25,26);4,7,10H,3,5-6,8-9H2,1-2H3,(H,23,24,25);3-6,11,20H,7-10H2,1-2H3,(H,22,23,24);2-5,10-12H,6-9,20H2,1H3,(H,22,23,24);3-6,11H,2,7-10,20H2,1H3,(H,22,23,24). The third kappa shape index (κ3) is 19.6. The van der Waals surface area contributed by atoms with E-state index in [1.54, 1.807) is 30.6 Å². The van der Waals surface area contributed by atoms with Crippen LogP contribution in [0.25, 0.3) is 112 Å². The van der Waals surface area contributed by atoms with Gasteiger partial charge in [-0.25, -0.2) is 54.8 Å². The summed E-state index contributed by atoms with van der Waals surface area (Å²) >= 11 is 37.6. The summed E-state index contributed by atoms with van der Waals surface area (Å²) in [6.07, 6.45) is 25.0. The highest BCUT2D eigenvalue weighted by atomic mass is 35.5. The fourth-order valence-corrected chi connectivity index (χ4v) is 18.3. The van der Waals surface area contributed by atoms with Crippen LogP contribution in [0.3, 0.4) is 0 Å². The van der Waals surface area contributed by atoms with Gasteiger partial charge in [-0.05, 0) is 139 Å². The van der Waals surface area contributed by atoms with Gasteiger partial charge in [0.15, 0.2) is 0 Å². The molecule has 16 heterocycles. The minimum Gasteiger partial charge on any atom is -0.355 e. The SMILES string of the molecule is CC(N)C1CCN(c2cnc3c(-c4ccccc4Cl)[nH]nc3n2)CC1.CCC1(C)CCN(c2cnc3c(-c4cccc(C#N)c4Cl)[nH]nc3n2)CC1.CCC1(C)CCN(c2cnc3c(-c4ccnc(Cl)c4Cl)[nH]nc3n2)CC1.CCC1(N)CCN(c2cnc3c(-c4ccccc4Cl)[nH]nc3n2)CC1.CNC1(C)CCN(c2cnc3c(-c4ccccc4Cl)[nH]nc3n2)CC1. The number of hydrogen-bond acceptors (Lipinski definition) is 25. The van der Waals surface area contributed by atoms with Crippen LogP contribution in [0.2, 0.25) is 30.3 Å². The Hall–Kier alpha value is -11.1. The molecule has 30 nitrogen and oxygen atoms in total. The molecule has 15 aromatic rings. The van der Waals surface area contributed by atoms with Gasteiger partial charge in [0, 0.05) is 117 Å². The van der Waals surface area contributed by atoms with E-state index in [4.69, 9.17) is 101 Å². The maximum Gasteiger partial charge on any atom is 0.202 e. The number of fused-ring (bicyclic) bond motifs is 5. The van der Waals surface area contributed by atoms with E-state index < -0.39 is 0 Å². The van der Waals surface area contributed by atoms with Crippen molar-refractivity contribution in [1.29, 1.82) is 5.26 Å². The highest BCUT2D eigenvalue weighted by Crippen LogP contribution is 2.42. The van der Waals surface area contributed by atoms with Crippen molar-refractivity contribution in [2.45, 2.75) is 149 Å². The van der Waals surface area contributed by atoms with Gasteiger partial charge in [-0.15, -0.1) is 0 Å². The van der Waals surface area contributed by atoms with E-state index in [0.717, 1.165) is 203 Å². The van der Waals surface area contributed by atoms with Crippen LogP contribution in [0.5, 0.6) is 0 Å². The number of nitrogens with zero attached hydrogens (tertiary/aromatic N) is 22. The van der Waals surface area contributed by atoms with E-state index in [1.807, 2.05) is 111 Å². The van der Waals surface area contributed by atoms with Crippen LogP contribution < -0.4 is 41.3 Å². The second kappa shape index (κ2) is 39.1. The fraction of sp³-hybridized carbons (Fsp3) is 0.402. The summed E-state index contributed by atoms with van der Waals surface area (Å²) in [5.74, 6) is 4.91. The first kappa shape index (κ1) is 90.2. The van der Waals surface area contributed by atoms with Gasteiger partial charge in [0.25, 0.3) is 0 Å². The fourth-order valence-electron chi connectivity index (χ4n) is 17.0. The maximum atomic E-state index is 9.20. The summed E-state index contributed by atoms with van der Waals surface area (Å²) < 4.78 is 0. The van der Waals surface area contributed by atoms with Gasteiger partial charge in [0.2, 0.25) is 28.2 Å². The van der Waals surface area contributed by atoms with Crippen LogP contribution in [0.1, 0.15) is 138 Å². The Kier molecular flexibility index (Phi) is 27.5. The zero-order valence-electron chi connectivity index (χ0n) is 72.9. The Balaban J connectivity index is 0.000000118. The summed E-state index contributed by atoms with van der Waals surface area (Å²) in [6.45, 7) is 25.3. The first-order chi connectivity index (χ1) is 61.9. The van der Waals surface area contributed by atoms with E-state index in [0.29, 0.717) is 109 Å². The third-order valence-electron chi connectivity index (χ3n) is 26.7. The first-order valence-electron chi connectivity index (χ1n) is 43.7. The van der Waals surface area contributed by atoms with Crippen molar-refractivity contribution in [3.05, 3.63) is 170 Å². The molecule has 5 saturated heterocycles. The Morgan fingerprint density at radius 3 is 1.05 bits per heavy atom.